The summed E-state index contributed by atoms with van der Waals surface area (Å²) in [5, 5.41) is 4.25. The second-order valence-corrected chi connectivity index (χ2v) is 11.2. The first kappa shape index (κ1) is 27.5. The van der Waals surface area contributed by atoms with Crippen LogP contribution >= 0.6 is 69.8 Å². The molecule has 1 fully saturated rings. The van der Waals surface area contributed by atoms with Gasteiger partial charge in [0.1, 0.15) is 6.61 Å². The van der Waals surface area contributed by atoms with Gasteiger partial charge in [0.15, 0.2) is 15.8 Å². The smallest absolute Gasteiger partial charge is 0.338 e. The molecule has 0 radical (unpaired) electrons. The fraction of sp³-hybridized carbons (Fsp3) is 0.0800. The monoisotopic (exact) mass is 685 g/mol. The molecule has 0 aliphatic carbocycles. The lowest BCUT2D eigenvalue weighted by molar-refractivity contribution is -0.123. The number of methoxy groups -OCH3 is 1. The van der Waals surface area contributed by atoms with Crippen LogP contribution in [0.15, 0.2) is 65.6 Å². The maximum absolute atomic E-state index is 13.0. The molecule has 7 nitrogen and oxygen atoms in total. The normalized spacial score (nSPS) is 14.2. The zero-order valence-electron chi connectivity index (χ0n) is 19.1. The first-order chi connectivity index (χ1) is 17.7. The molecule has 3 amide bonds. The van der Waals surface area contributed by atoms with Crippen molar-refractivity contribution in [2.45, 2.75) is 6.61 Å². The summed E-state index contributed by atoms with van der Waals surface area (Å²) in [4.78, 5) is 25.8. The van der Waals surface area contributed by atoms with Crippen LogP contribution in [-0.2, 0) is 11.4 Å². The van der Waals surface area contributed by atoms with Gasteiger partial charge in [0, 0.05) is 5.69 Å². The molecule has 12 heteroatoms. The molecule has 1 saturated heterocycles. The molecule has 4 rings (SSSR count). The predicted molar refractivity (Wildman–Crippen MR) is 160 cm³/mol. The maximum atomic E-state index is 13.0. The van der Waals surface area contributed by atoms with Crippen LogP contribution in [0.1, 0.15) is 11.1 Å². The average molecular weight is 686 g/mol. The van der Waals surface area contributed by atoms with Gasteiger partial charge < -0.3 is 14.8 Å². The van der Waals surface area contributed by atoms with Crippen LogP contribution in [0.25, 0.3) is 6.08 Å². The van der Waals surface area contributed by atoms with Crippen LogP contribution in [0.2, 0.25) is 10.0 Å². The standard InChI is InChI=1S/C25H18Cl2IN3O4S2/c1-34-20-10-15(9-19(28)22(20)35-13-14-5-3-2-4-6-14)11-21-23(32)31(25(36)37-21)30-24(33)29-16-7-8-17(26)18(27)12-16/h2-12H,13H2,1H3,(H2,29,30,33)/b21-11+. The minimum Gasteiger partial charge on any atom is -0.493 e. The van der Waals surface area contributed by atoms with Crippen LogP contribution in [0.5, 0.6) is 11.5 Å². The van der Waals surface area contributed by atoms with Crippen molar-refractivity contribution in [3.8, 4) is 11.5 Å². The van der Waals surface area contributed by atoms with Crippen molar-refractivity contribution in [2.24, 2.45) is 0 Å². The number of ether oxygens (including phenoxy) is 2. The fourth-order valence-electron chi connectivity index (χ4n) is 3.24. The second-order valence-electron chi connectivity index (χ2n) is 7.52. The summed E-state index contributed by atoms with van der Waals surface area (Å²) in [6.45, 7) is 0.390. The second kappa shape index (κ2) is 12.4. The van der Waals surface area contributed by atoms with E-state index in [0.29, 0.717) is 39.3 Å². The Morgan fingerprint density at radius 1 is 1.14 bits per heavy atom. The lowest BCUT2D eigenvalue weighted by Crippen LogP contribution is -2.46. The number of carbonyl (C=O) groups excluding carboxylic acids is 2. The van der Waals surface area contributed by atoms with Gasteiger partial charge in [0.05, 0.1) is 25.6 Å². The zero-order chi connectivity index (χ0) is 26.5. The topological polar surface area (TPSA) is 79.9 Å². The van der Waals surface area contributed by atoms with Crippen LogP contribution in [0, 0.1) is 3.57 Å². The summed E-state index contributed by atoms with van der Waals surface area (Å²) >= 11 is 20.4. The van der Waals surface area contributed by atoms with Crippen LogP contribution < -0.4 is 20.2 Å². The quantitative estimate of drug-likeness (QED) is 0.157. The van der Waals surface area contributed by atoms with Crippen molar-refractivity contribution in [2.75, 3.05) is 12.4 Å². The van der Waals surface area contributed by atoms with Crippen molar-refractivity contribution >= 4 is 97.8 Å². The highest BCUT2D eigenvalue weighted by atomic mass is 127. The van der Waals surface area contributed by atoms with Gasteiger partial charge in [-0.3, -0.25) is 4.79 Å². The lowest BCUT2D eigenvalue weighted by atomic mass is 10.2. The molecule has 0 saturated carbocycles. The first-order valence-corrected chi connectivity index (χ1v) is 13.7. The van der Waals surface area contributed by atoms with Gasteiger partial charge in [-0.05, 0) is 82.3 Å². The van der Waals surface area contributed by atoms with Crippen molar-refractivity contribution in [1.82, 2.24) is 10.4 Å². The number of thiocarbonyl (C=S) groups is 1. The van der Waals surface area contributed by atoms with E-state index in [-0.39, 0.29) is 9.34 Å². The maximum Gasteiger partial charge on any atom is 0.338 e. The molecule has 3 aromatic carbocycles. The molecule has 190 valence electrons. The summed E-state index contributed by atoms with van der Waals surface area (Å²) in [5.41, 5.74) is 4.62. The summed E-state index contributed by atoms with van der Waals surface area (Å²) < 4.78 is 12.5. The van der Waals surface area contributed by atoms with Crippen molar-refractivity contribution < 1.29 is 19.1 Å². The minimum absolute atomic E-state index is 0.185. The molecule has 1 aliphatic rings. The highest BCUT2D eigenvalue weighted by Gasteiger charge is 2.33. The number of hydrogen-bond acceptors (Lipinski definition) is 6. The number of thioether (sulfide) groups is 1. The highest BCUT2D eigenvalue weighted by Crippen LogP contribution is 2.37. The Labute approximate surface area is 246 Å². The van der Waals surface area contributed by atoms with Gasteiger partial charge in [0.25, 0.3) is 5.91 Å². The number of benzene rings is 3. The molecule has 0 bridgehead atoms. The predicted octanol–water partition coefficient (Wildman–Crippen LogP) is 7.12. The average Bonchev–Trinajstić information content (AvgIpc) is 3.13. The van der Waals surface area contributed by atoms with E-state index in [9.17, 15) is 9.59 Å². The van der Waals surface area contributed by atoms with Crippen LogP contribution in [0.3, 0.4) is 0 Å². The van der Waals surface area contributed by atoms with Crippen LogP contribution in [0.4, 0.5) is 10.5 Å². The van der Waals surface area contributed by atoms with Crippen molar-refractivity contribution in [1.29, 1.82) is 0 Å². The molecule has 0 unspecified atom stereocenters. The van der Waals surface area contributed by atoms with E-state index in [1.165, 1.54) is 6.07 Å². The van der Waals surface area contributed by atoms with E-state index in [0.717, 1.165) is 25.9 Å². The summed E-state index contributed by atoms with van der Waals surface area (Å²) in [6.07, 6.45) is 1.68. The van der Waals surface area contributed by atoms with E-state index < -0.39 is 11.9 Å². The molecule has 2 N–H and O–H groups in total. The minimum atomic E-state index is -0.660. The number of carbonyl (C=O) groups is 2. The highest BCUT2D eigenvalue weighted by molar-refractivity contribution is 14.1. The number of rotatable bonds is 7. The first-order valence-electron chi connectivity index (χ1n) is 10.6. The van der Waals surface area contributed by atoms with E-state index in [2.05, 4.69) is 33.3 Å². The Balaban J connectivity index is 1.46. The van der Waals surface area contributed by atoms with Crippen molar-refractivity contribution in [3.05, 3.63) is 90.3 Å². The third-order valence-corrected chi connectivity index (χ3v) is 7.80. The Kier molecular flexibility index (Phi) is 9.19. The summed E-state index contributed by atoms with van der Waals surface area (Å²) in [7, 11) is 1.56. The molecule has 1 heterocycles. The third kappa shape index (κ3) is 6.88. The Morgan fingerprint density at radius 3 is 2.59 bits per heavy atom. The number of anilines is 1. The fourth-order valence-corrected chi connectivity index (χ4v) is 5.50. The number of hydrogen-bond donors (Lipinski definition) is 2. The van der Waals surface area contributed by atoms with Crippen molar-refractivity contribution in [3.63, 3.8) is 0 Å². The van der Waals surface area contributed by atoms with E-state index in [1.54, 1.807) is 31.4 Å². The number of amides is 3. The molecular weight excluding hydrogens is 668 g/mol. The van der Waals surface area contributed by atoms with E-state index in [4.69, 9.17) is 44.9 Å². The molecule has 3 aromatic rings. The van der Waals surface area contributed by atoms with Crippen LogP contribution in [-0.4, -0.2) is 28.4 Å². The molecule has 1 aliphatic heterocycles. The van der Waals surface area contributed by atoms with Gasteiger partial charge in [0.2, 0.25) is 0 Å². The number of hydrazine groups is 1. The lowest BCUT2D eigenvalue weighted by Gasteiger charge is -2.16. The van der Waals surface area contributed by atoms with Gasteiger partial charge in [-0.1, -0.05) is 65.3 Å². The number of urea groups is 1. The summed E-state index contributed by atoms with van der Waals surface area (Å²) in [5.74, 6) is 0.679. The van der Waals surface area contributed by atoms with Gasteiger partial charge in [-0.25, -0.2) is 10.2 Å². The summed E-state index contributed by atoms with van der Waals surface area (Å²) in [6, 6.07) is 17.4. The number of halogens is 3. The molecular formula is C25H18Cl2IN3O4S2. The van der Waals surface area contributed by atoms with E-state index >= 15 is 0 Å². The SMILES string of the molecule is COc1cc(/C=C2/SC(=S)N(NC(=O)Nc3ccc(Cl)c(Cl)c3)C2=O)cc(I)c1OCc1ccccc1. The molecule has 0 aromatic heterocycles. The van der Waals surface area contributed by atoms with E-state index in [1.807, 2.05) is 36.4 Å². The number of nitrogens with zero attached hydrogens (tertiary/aromatic N) is 1. The molecule has 0 atom stereocenters. The molecule has 37 heavy (non-hydrogen) atoms. The largest absolute Gasteiger partial charge is 0.493 e. The Bertz CT molecular complexity index is 1410. The molecule has 0 spiro atoms. The third-order valence-electron chi connectivity index (χ3n) is 4.96. The van der Waals surface area contributed by atoms with Gasteiger partial charge in [-0.15, -0.1) is 0 Å². The van der Waals surface area contributed by atoms with Gasteiger partial charge >= 0.3 is 6.03 Å². The Hall–Kier alpha value is -2.51. The zero-order valence-corrected chi connectivity index (χ0v) is 24.4. The number of nitrogens with one attached hydrogen (secondary N) is 2. The Morgan fingerprint density at radius 2 is 1.89 bits per heavy atom. The van der Waals surface area contributed by atoms with Gasteiger partial charge in [-0.2, -0.15) is 5.01 Å².